The summed E-state index contributed by atoms with van der Waals surface area (Å²) in [6.45, 7) is 0. The number of rotatable bonds is 2. The first-order valence-corrected chi connectivity index (χ1v) is 5.98. The van der Waals surface area contributed by atoms with Gasteiger partial charge in [0, 0.05) is 5.56 Å². The summed E-state index contributed by atoms with van der Waals surface area (Å²) in [6, 6.07) is 7.03. The number of aromatic nitrogens is 1. The summed E-state index contributed by atoms with van der Waals surface area (Å²) in [5, 5.41) is 0.109. The lowest BCUT2D eigenvalue weighted by Gasteiger charge is -2.06. The van der Waals surface area contributed by atoms with Crippen LogP contribution in [0.2, 0.25) is 10.2 Å². The van der Waals surface area contributed by atoms with E-state index in [0.29, 0.717) is 11.3 Å². The number of carbonyl (C=O) groups excluding carboxylic acids is 1. The van der Waals surface area contributed by atoms with Crippen LogP contribution in [0, 0.1) is 5.82 Å². The maximum absolute atomic E-state index is 13.1. The highest BCUT2D eigenvalue weighted by Gasteiger charge is 2.11. The molecule has 2 rings (SSSR count). The largest absolute Gasteiger partial charge is 0.465 e. The van der Waals surface area contributed by atoms with Gasteiger partial charge in [-0.05, 0) is 30.3 Å². The normalized spacial score (nSPS) is 10.3. The summed E-state index contributed by atoms with van der Waals surface area (Å²) >= 11 is 11.6. The number of hydrogen-bond acceptors (Lipinski definition) is 3. The number of nitrogens with zero attached hydrogens (tertiary/aromatic N) is 1. The molecule has 6 heteroatoms. The van der Waals surface area contributed by atoms with Gasteiger partial charge in [-0.25, -0.2) is 14.2 Å². The molecule has 0 fully saturated rings. The molecular weight excluding hydrogens is 292 g/mol. The molecule has 0 spiro atoms. The summed E-state index contributed by atoms with van der Waals surface area (Å²) in [4.78, 5) is 15.5. The van der Waals surface area contributed by atoms with Crippen molar-refractivity contribution >= 4 is 29.2 Å². The van der Waals surface area contributed by atoms with E-state index in [9.17, 15) is 9.18 Å². The van der Waals surface area contributed by atoms with E-state index in [1.165, 1.54) is 37.4 Å². The Morgan fingerprint density at radius 2 is 2.00 bits per heavy atom. The molecular formula is C13H8Cl2FNO2. The number of carbonyl (C=O) groups is 1. The lowest BCUT2D eigenvalue weighted by atomic mass is 10.1. The monoisotopic (exact) mass is 299 g/mol. The quantitative estimate of drug-likeness (QED) is 0.622. The molecule has 2 aromatic rings. The second-order valence-corrected chi connectivity index (χ2v) is 4.48. The van der Waals surface area contributed by atoms with Gasteiger partial charge < -0.3 is 4.74 Å². The number of esters is 1. The zero-order valence-electron chi connectivity index (χ0n) is 9.78. The topological polar surface area (TPSA) is 39.2 Å². The van der Waals surface area contributed by atoms with E-state index in [2.05, 4.69) is 9.72 Å². The van der Waals surface area contributed by atoms with E-state index >= 15 is 0 Å². The fourth-order valence-corrected chi connectivity index (χ4v) is 1.93. The minimum Gasteiger partial charge on any atom is -0.465 e. The van der Waals surface area contributed by atoms with E-state index in [4.69, 9.17) is 23.2 Å². The first-order chi connectivity index (χ1) is 9.01. The summed E-state index contributed by atoms with van der Waals surface area (Å²) < 4.78 is 17.7. The minimum absolute atomic E-state index is 0.0288. The molecule has 0 N–H and O–H groups in total. The number of halogens is 3. The average Bonchev–Trinajstić information content (AvgIpc) is 2.40. The first-order valence-electron chi connectivity index (χ1n) is 5.22. The summed E-state index contributed by atoms with van der Waals surface area (Å²) in [7, 11) is 1.27. The first kappa shape index (κ1) is 13.8. The van der Waals surface area contributed by atoms with Gasteiger partial charge in [0.15, 0.2) is 0 Å². The smallest absolute Gasteiger partial charge is 0.338 e. The van der Waals surface area contributed by atoms with Crippen LogP contribution in [0.1, 0.15) is 10.4 Å². The fourth-order valence-electron chi connectivity index (χ4n) is 1.54. The van der Waals surface area contributed by atoms with Crippen molar-refractivity contribution in [1.29, 1.82) is 0 Å². The van der Waals surface area contributed by atoms with Crippen LogP contribution in [0.4, 0.5) is 4.39 Å². The van der Waals surface area contributed by atoms with Crippen LogP contribution in [0.5, 0.6) is 0 Å². The lowest BCUT2D eigenvalue weighted by Crippen LogP contribution is -2.02. The summed E-state index contributed by atoms with van der Waals surface area (Å²) in [5.74, 6) is -1.06. The molecule has 1 heterocycles. The van der Waals surface area contributed by atoms with Crippen LogP contribution in [0.3, 0.4) is 0 Å². The van der Waals surface area contributed by atoms with Crippen LogP contribution in [0.25, 0.3) is 11.3 Å². The Kier molecular flexibility index (Phi) is 4.02. The van der Waals surface area contributed by atoms with Crippen molar-refractivity contribution in [2.75, 3.05) is 7.11 Å². The highest BCUT2D eigenvalue weighted by Crippen LogP contribution is 2.25. The molecule has 0 saturated heterocycles. The molecule has 0 aliphatic rings. The third-order valence-corrected chi connectivity index (χ3v) is 2.91. The lowest BCUT2D eigenvalue weighted by molar-refractivity contribution is 0.0600. The second-order valence-electron chi connectivity index (χ2n) is 3.68. The molecule has 1 aromatic heterocycles. The van der Waals surface area contributed by atoms with E-state index in [-0.39, 0.29) is 15.7 Å². The molecule has 1 aromatic carbocycles. The van der Waals surface area contributed by atoms with Crippen LogP contribution >= 0.6 is 23.2 Å². The Labute approximate surface area is 118 Å². The number of methoxy groups -OCH3 is 1. The SMILES string of the molecule is COC(=O)c1cc(Cl)nc(-c2ccc(F)c(Cl)c2)c1. The van der Waals surface area contributed by atoms with Crippen molar-refractivity contribution in [2.45, 2.75) is 0 Å². The van der Waals surface area contributed by atoms with Crippen LogP contribution < -0.4 is 0 Å². The molecule has 0 unspecified atom stereocenters. The highest BCUT2D eigenvalue weighted by atomic mass is 35.5. The molecule has 98 valence electrons. The predicted octanol–water partition coefficient (Wildman–Crippen LogP) is 3.98. The number of pyridine rings is 1. The van der Waals surface area contributed by atoms with Gasteiger partial charge in [0.1, 0.15) is 11.0 Å². The van der Waals surface area contributed by atoms with E-state index in [1.807, 2.05) is 0 Å². The Morgan fingerprint density at radius 3 is 2.63 bits per heavy atom. The second kappa shape index (κ2) is 5.55. The van der Waals surface area contributed by atoms with Crippen LogP contribution in [-0.4, -0.2) is 18.1 Å². The zero-order valence-corrected chi connectivity index (χ0v) is 11.3. The van der Waals surface area contributed by atoms with E-state index < -0.39 is 11.8 Å². The van der Waals surface area contributed by atoms with Crippen molar-refractivity contribution in [2.24, 2.45) is 0 Å². The molecule has 0 radical (unpaired) electrons. The van der Waals surface area contributed by atoms with Crippen molar-refractivity contribution in [3.8, 4) is 11.3 Å². The van der Waals surface area contributed by atoms with Gasteiger partial charge in [-0.2, -0.15) is 0 Å². The zero-order chi connectivity index (χ0) is 14.0. The fraction of sp³-hybridized carbons (Fsp3) is 0.0769. The average molecular weight is 300 g/mol. The molecule has 0 atom stereocenters. The van der Waals surface area contributed by atoms with Crippen molar-refractivity contribution in [1.82, 2.24) is 4.98 Å². The molecule has 0 amide bonds. The predicted molar refractivity (Wildman–Crippen MR) is 71.0 cm³/mol. The summed E-state index contributed by atoms with van der Waals surface area (Å²) in [5.41, 5.74) is 1.23. The Morgan fingerprint density at radius 1 is 1.26 bits per heavy atom. The Bertz CT molecular complexity index is 647. The van der Waals surface area contributed by atoms with Gasteiger partial charge in [0.2, 0.25) is 0 Å². The third-order valence-electron chi connectivity index (χ3n) is 2.43. The molecule has 3 nitrogen and oxygen atoms in total. The van der Waals surface area contributed by atoms with Gasteiger partial charge in [0.05, 0.1) is 23.4 Å². The molecule has 0 saturated carbocycles. The maximum Gasteiger partial charge on any atom is 0.338 e. The van der Waals surface area contributed by atoms with Gasteiger partial charge in [-0.15, -0.1) is 0 Å². The van der Waals surface area contributed by atoms with Crippen molar-refractivity contribution in [3.63, 3.8) is 0 Å². The molecule has 0 aliphatic carbocycles. The third kappa shape index (κ3) is 3.03. The van der Waals surface area contributed by atoms with Crippen LogP contribution in [0.15, 0.2) is 30.3 Å². The van der Waals surface area contributed by atoms with E-state index in [1.54, 1.807) is 0 Å². The minimum atomic E-state index is -0.529. The van der Waals surface area contributed by atoms with E-state index in [0.717, 1.165) is 0 Å². The standard InChI is InChI=1S/C13H8Cl2FNO2/c1-19-13(18)8-5-11(17-12(15)6-8)7-2-3-10(16)9(14)4-7/h2-6H,1H3. The Hall–Kier alpha value is -1.65. The number of benzene rings is 1. The summed E-state index contributed by atoms with van der Waals surface area (Å²) in [6.07, 6.45) is 0. The molecule has 19 heavy (non-hydrogen) atoms. The van der Waals surface area contributed by atoms with Gasteiger partial charge in [-0.1, -0.05) is 23.2 Å². The maximum atomic E-state index is 13.1. The van der Waals surface area contributed by atoms with Crippen molar-refractivity contribution in [3.05, 3.63) is 51.9 Å². The Balaban J connectivity index is 2.52. The van der Waals surface area contributed by atoms with Gasteiger partial charge in [0.25, 0.3) is 0 Å². The highest BCUT2D eigenvalue weighted by molar-refractivity contribution is 6.31. The van der Waals surface area contributed by atoms with Gasteiger partial charge >= 0.3 is 5.97 Å². The molecule has 0 bridgehead atoms. The molecule has 0 aliphatic heterocycles. The van der Waals surface area contributed by atoms with Crippen LogP contribution in [-0.2, 0) is 4.74 Å². The van der Waals surface area contributed by atoms with Crippen molar-refractivity contribution < 1.29 is 13.9 Å². The number of ether oxygens (including phenoxy) is 1. The van der Waals surface area contributed by atoms with Gasteiger partial charge in [-0.3, -0.25) is 0 Å². The number of hydrogen-bond donors (Lipinski definition) is 0.